The van der Waals surface area contributed by atoms with Crippen molar-refractivity contribution in [3.05, 3.63) is 59.2 Å². The van der Waals surface area contributed by atoms with Crippen LogP contribution in [0.5, 0.6) is 11.5 Å². The predicted molar refractivity (Wildman–Crippen MR) is 91.4 cm³/mol. The van der Waals surface area contributed by atoms with Crippen molar-refractivity contribution in [2.45, 2.75) is 25.7 Å². The Morgan fingerprint density at radius 1 is 1.17 bits per heavy atom. The van der Waals surface area contributed by atoms with Crippen LogP contribution in [0.3, 0.4) is 0 Å². The molecule has 0 aromatic heterocycles. The van der Waals surface area contributed by atoms with Crippen LogP contribution in [-0.4, -0.2) is 30.7 Å². The van der Waals surface area contributed by atoms with E-state index in [1.165, 1.54) is 11.1 Å². The summed E-state index contributed by atoms with van der Waals surface area (Å²) in [7, 11) is 0. The standard InChI is InChI=1S/C20H21NO3/c1-14-4-2-3-5-15(14)11-20(22)21-9-8-17(12-21)16-6-7-18-19(10-16)24-13-23-18/h2-7,10,17H,8-9,11-13H2,1H3. The van der Waals surface area contributed by atoms with E-state index in [0.29, 0.717) is 19.1 Å². The number of hydrogen-bond acceptors (Lipinski definition) is 3. The molecule has 1 fully saturated rings. The minimum atomic E-state index is 0.215. The van der Waals surface area contributed by atoms with Crippen LogP contribution in [0.2, 0.25) is 0 Å². The van der Waals surface area contributed by atoms with E-state index in [4.69, 9.17) is 9.47 Å². The first-order valence-corrected chi connectivity index (χ1v) is 8.42. The highest BCUT2D eigenvalue weighted by Gasteiger charge is 2.28. The molecule has 2 aliphatic rings. The SMILES string of the molecule is Cc1ccccc1CC(=O)N1CCC(c2ccc3c(c2)OCO3)C1. The van der Waals surface area contributed by atoms with Crippen LogP contribution < -0.4 is 9.47 Å². The Kier molecular flexibility index (Phi) is 3.89. The number of fused-ring (bicyclic) bond motifs is 1. The van der Waals surface area contributed by atoms with E-state index in [1.54, 1.807) is 0 Å². The summed E-state index contributed by atoms with van der Waals surface area (Å²) in [4.78, 5) is 14.6. The topological polar surface area (TPSA) is 38.8 Å². The van der Waals surface area contributed by atoms with Crippen LogP contribution in [-0.2, 0) is 11.2 Å². The molecule has 1 amide bonds. The minimum Gasteiger partial charge on any atom is -0.454 e. The summed E-state index contributed by atoms with van der Waals surface area (Å²) in [5, 5.41) is 0. The van der Waals surface area contributed by atoms with Gasteiger partial charge in [-0.1, -0.05) is 30.3 Å². The fourth-order valence-corrected chi connectivity index (χ4v) is 3.51. The average molecular weight is 323 g/mol. The molecule has 4 rings (SSSR count). The molecule has 0 bridgehead atoms. The summed E-state index contributed by atoms with van der Waals surface area (Å²) >= 11 is 0. The summed E-state index contributed by atoms with van der Waals surface area (Å²) < 4.78 is 10.8. The second-order valence-electron chi connectivity index (χ2n) is 6.54. The van der Waals surface area contributed by atoms with E-state index in [2.05, 4.69) is 25.1 Å². The zero-order chi connectivity index (χ0) is 16.5. The lowest BCUT2D eigenvalue weighted by molar-refractivity contribution is -0.129. The van der Waals surface area contributed by atoms with Gasteiger partial charge >= 0.3 is 0 Å². The van der Waals surface area contributed by atoms with Crippen LogP contribution in [0.4, 0.5) is 0 Å². The van der Waals surface area contributed by atoms with E-state index < -0.39 is 0 Å². The third-order valence-electron chi connectivity index (χ3n) is 5.01. The van der Waals surface area contributed by atoms with Crippen LogP contribution in [0.25, 0.3) is 0 Å². The third kappa shape index (κ3) is 2.84. The van der Waals surface area contributed by atoms with Crippen molar-refractivity contribution in [1.29, 1.82) is 0 Å². The Balaban J connectivity index is 1.43. The number of likely N-dealkylation sites (tertiary alicyclic amines) is 1. The van der Waals surface area contributed by atoms with Gasteiger partial charge < -0.3 is 14.4 Å². The molecule has 1 saturated heterocycles. The number of rotatable bonds is 3. The van der Waals surface area contributed by atoms with Gasteiger partial charge in [0.2, 0.25) is 12.7 Å². The molecule has 1 atom stereocenters. The van der Waals surface area contributed by atoms with Gasteiger partial charge in [-0.25, -0.2) is 0 Å². The first-order valence-electron chi connectivity index (χ1n) is 8.42. The molecule has 4 nitrogen and oxygen atoms in total. The minimum absolute atomic E-state index is 0.215. The second kappa shape index (κ2) is 6.19. The highest BCUT2D eigenvalue weighted by molar-refractivity contribution is 5.79. The summed E-state index contributed by atoms with van der Waals surface area (Å²) in [6, 6.07) is 14.2. The molecule has 1 unspecified atom stereocenters. The summed E-state index contributed by atoms with van der Waals surface area (Å²) in [6.07, 6.45) is 1.49. The Morgan fingerprint density at radius 3 is 2.88 bits per heavy atom. The van der Waals surface area contributed by atoms with Gasteiger partial charge in [0.05, 0.1) is 6.42 Å². The number of amides is 1. The fourth-order valence-electron chi connectivity index (χ4n) is 3.51. The van der Waals surface area contributed by atoms with E-state index in [-0.39, 0.29) is 5.91 Å². The number of aryl methyl sites for hydroxylation is 1. The lowest BCUT2D eigenvalue weighted by Gasteiger charge is -2.17. The zero-order valence-electron chi connectivity index (χ0n) is 13.8. The smallest absolute Gasteiger partial charge is 0.231 e. The van der Waals surface area contributed by atoms with Gasteiger partial charge in [-0.2, -0.15) is 0 Å². The highest BCUT2D eigenvalue weighted by Crippen LogP contribution is 2.37. The van der Waals surface area contributed by atoms with Crippen LogP contribution in [0.1, 0.15) is 29.0 Å². The monoisotopic (exact) mass is 323 g/mol. The molecule has 24 heavy (non-hydrogen) atoms. The molecule has 0 spiro atoms. The van der Waals surface area contributed by atoms with E-state index in [0.717, 1.165) is 36.6 Å². The van der Waals surface area contributed by atoms with Gasteiger partial charge in [-0.05, 0) is 42.2 Å². The molecule has 0 saturated carbocycles. The predicted octanol–water partition coefficient (Wildman–Crippen LogP) is 3.28. The highest BCUT2D eigenvalue weighted by atomic mass is 16.7. The van der Waals surface area contributed by atoms with E-state index in [9.17, 15) is 4.79 Å². The Bertz CT molecular complexity index is 771. The number of ether oxygens (including phenoxy) is 2. The molecule has 2 aromatic rings. The van der Waals surface area contributed by atoms with Crippen molar-refractivity contribution >= 4 is 5.91 Å². The van der Waals surface area contributed by atoms with Gasteiger partial charge in [-0.15, -0.1) is 0 Å². The maximum Gasteiger partial charge on any atom is 0.231 e. The van der Waals surface area contributed by atoms with Crippen molar-refractivity contribution in [3.8, 4) is 11.5 Å². The lowest BCUT2D eigenvalue weighted by atomic mass is 9.98. The van der Waals surface area contributed by atoms with E-state index in [1.807, 2.05) is 29.2 Å². The van der Waals surface area contributed by atoms with Crippen molar-refractivity contribution in [1.82, 2.24) is 4.90 Å². The zero-order valence-corrected chi connectivity index (χ0v) is 13.8. The number of benzene rings is 2. The van der Waals surface area contributed by atoms with Crippen molar-refractivity contribution in [2.24, 2.45) is 0 Å². The number of carbonyl (C=O) groups excluding carboxylic acids is 1. The Labute approximate surface area is 142 Å². The normalized spacial score (nSPS) is 18.9. The van der Waals surface area contributed by atoms with Gasteiger partial charge in [0.1, 0.15) is 0 Å². The molecule has 2 aliphatic heterocycles. The maximum atomic E-state index is 12.6. The van der Waals surface area contributed by atoms with Crippen LogP contribution in [0, 0.1) is 6.92 Å². The van der Waals surface area contributed by atoms with Gasteiger partial charge in [0.15, 0.2) is 11.5 Å². The van der Waals surface area contributed by atoms with Crippen molar-refractivity contribution < 1.29 is 14.3 Å². The van der Waals surface area contributed by atoms with Crippen molar-refractivity contribution in [2.75, 3.05) is 19.9 Å². The Hall–Kier alpha value is -2.49. The second-order valence-corrected chi connectivity index (χ2v) is 6.54. The molecule has 124 valence electrons. The third-order valence-corrected chi connectivity index (χ3v) is 5.01. The first-order chi connectivity index (χ1) is 11.7. The molecule has 0 N–H and O–H groups in total. The molecule has 2 aromatic carbocycles. The number of carbonyl (C=O) groups is 1. The largest absolute Gasteiger partial charge is 0.454 e. The molecule has 0 radical (unpaired) electrons. The number of hydrogen-bond donors (Lipinski definition) is 0. The molecule has 2 heterocycles. The van der Waals surface area contributed by atoms with Gasteiger partial charge in [0.25, 0.3) is 0 Å². The summed E-state index contributed by atoms with van der Waals surface area (Å²) in [5.41, 5.74) is 3.52. The molecular weight excluding hydrogens is 302 g/mol. The average Bonchev–Trinajstić information content (AvgIpc) is 3.25. The van der Waals surface area contributed by atoms with Crippen LogP contribution >= 0.6 is 0 Å². The quantitative estimate of drug-likeness (QED) is 0.870. The molecular formula is C20H21NO3. The van der Waals surface area contributed by atoms with Crippen LogP contribution in [0.15, 0.2) is 42.5 Å². The fraction of sp³-hybridized carbons (Fsp3) is 0.350. The van der Waals surface area contributed by atoms with Gasteiger partial charge in [0, 0.05) is 19.0 Å². The lowest BCUT2D eigenvalue weighted by Crippen LogP contribution is -2.30. The molecule has 0 aliphatic carbocycles. The maximum absolute atomic E-state index is 12.6. The summed E-state index contributed by atoms with van der Waals surface area (Å²) in [6.45, 7) is 3.96. The number of nitrogens with zero attached hydrogens (tertiary/aromatic N) is 1. The summed E-state index contributed by atoms with van der Waals surface area (Å²) in [5.74, 6) is 2.22. The van der Waals surface area contributed by atoms with Crippen molar-refractivity contribution in [3.63, 3.8) is 0 Å². The van der Waals surface area contributed by atoms with E-state index >= 15 is 0 Å². The Morgan fingerprint density at radius 2 is 2.00 bits per heavy atom. The molecule has 4 heteroatoms. The van der Waals surface area contributed by atoms with Gasteiger partial charge in [-0.3, -0.25) is 4.79 Å². The first kappa shape index (κ1) is 15.1.